The minimum absolute atomic E-state index is 0.272. The summed E-state index contributed by atoms with van der Waals surface area (Å²) in [5.74, 6) is -4.33. The zero-order valence-corrected chi connectivity index (χ0v) is 19.3. The van der Waals surface area contributed by atoms with E-state index < -0.39 is 100 Å². The highest BCUT2D eigenvalue weighted by Crippen LogP contribution is 2.28. The van der Waals surface area contributed by atoms with E-state index in [9.17, 15) is 24.3 Å². The van der Waals surface area contributed by atoms with E-state index in [1.807, 2.05) is 0 Å². The zero-order valence-electron chi connectivity index (χ0n) is 19.3. The van der Waals surface area contributed by atoms with Gasteiger partial charge in [-0.25, -0.2) is 4.79 Å². The number of hydrogen-bond donors (Lipinski definition) is 7. The van der Waals surface area contributed by atoms with Crippen molar-refractivity contribution in [2.75, 3.05) is 26.2 Å². The van der Waals surface area contributed by atoms with E-state index in [1.165, 1.54) is 0 Å². The Balaban J connectivity index is 3.21. The summed E-state index contributed by atoms with van der Waals surface area (Å²) in [6.07, 6.45) is -9.98. The van der Waals surface area contributed by atoms with Gasteiger partial charge in [0.25, 0.3) is 0 Å². The first kappa shape index (κ1) is 32.2. The van der Waals surface area contributed by atoms with Gasteiger partial charge in [0.05, 0.1) is 38.9 Å². The molecule has 0 saturated carbocycles. The Bertz CT molecular complexity index is 778. The maximum absolute atomic E-state index is 12.3. The molecule has 37 heavy (non-hydrogen) atoms. The number of aliphatic hydroxyl groups excluding tert-OH is 1. The Morgan fingerprint density at radius 1 is 0.730 bits per heavy atom. The SMILES string of the molecule is C=CC(=O)OC1C(O)OC(COC(=O)CCN(O)O)C(OC(=O)CCN(O)O)C1OC(=O)CCN(O)O. The molecular formula is C18H29N3O16. The monoisotopic (exact) mass is 543 g/mol. The van der Waals surface area contributed by atoms with Crippen LogP contribution >= 0.6 is 0 Å². The fourth-order valence-corrected chi connectivity index (χ4v) is 2.86. The quantitative estimate of drug-likeness (QED) is 0.0490. The van der Waals surface area contributed by atoms with Gasteiger partial charge in [-0.2, -0.15) is 0 Å². The summed E-state index contributed by atoms with van der Waals surface area (Å²) in [7, 11) is 0. The summed E-state index contributed by atoms with van der Waals surface area (Å²) in [5, 5.41) is 62.2. The molecule has 5 atom stereocenters. The molecule has 0 aromatic rings. The number of hydroxylamine groups is 6. The van der Waals surface area contributed by atoms with Gasteiger partial charge in [-0.1, -0.05) is 22.3 Å². The summed E-state index contributed by atoms with van der Waals surface area (Å²) in [6, 6.07) is 0. The van der Waals surface area contributed by atoms with Gasteiger partial charge in [-0.05, 0) is 0 Å². The van der Waals surface area contributed by atoms with Crippen molar-refractivity contribution < 1.29 is 79.2 Å². The van der Waals surface area contributed by atoms with Crippen molar-refractivity contribution in [2.45, 2.75) is 50.0 Å². The van der Waals surface area contributed by atoms with Gasteiger partial charge in [0.15, 0.2) is 24.6 Å². The second-order valence-electron chi connectivity index (χ2n) is 7.30. The minimum atomic E-state index is -2.02. The van der Waals surface area contributed by atoms with Crippen LogP contribution in [0.3, 0.4) is 0 Å². The zero-order chi connectivity index (χ0) is 28.1. The van der Waals surface area contributed by atoms with Gasteiger partial charge in [0.2, 0.25) is 0 Å². The van der Waals surface area contributed by atoms with E-state index in [2.05, 4.69) is 6.58 Å². The number of carbonyl (C=O) groups excluding carboxylic acids is 4. The molecule has 0 bridgehead atoms. The van der Waals surface area contributed by atoms with Crippen molar-refractivity contribution in [3.63, 3.8) is 0 Å². The van der Waals surface area contributed by atoms with Crippen molar-refractivity contribution in [2.24, 2.45) is 0 Å². The van der Waals surface area contributed by atoms with Crippen molar-refractivity contribution >= 4 is 23.9 Å². The molecule has 1 aliphatic heterocycles. The Hall–Kier alpha value is -2.82. The van der Waals surface area contributed by atoms with Crippen LogP contribution in [-0.4, -0.2) is 133 Å². The number of esters is 4. The molecule has 0 aromatic heterocycles. The summed E-state index contributed by atoms with van der Waals surface area (Å²) >= 11 is 0. The third-order valence-corrected chi connectivity index (χ3v) is 4.52. The molecule has 19 heteroatoms. The van der Waals surface area contributed by atoms with Gasteiger partial charge in [-0.15, -0.1) is 0 Å². The van der Waals surface area contributed by atoms with E-state index in [1.54, 1.807) is 0 Å². The average Bonchev–Trinajstić information content (AvgIpc) is 2.82. The van der Waals surface area contributed by atoms with E-state index in [4.69, 9.17) is 54.9 Å². The summed E-state index contributed by atoms with van der Waals surface area (Å²) in [4.78, 5) is 48.2. The number of rotatable bonds is 15. The molecule has 19 nitrogen and oxygen atoms in total. The third-order valence-electron chi connectivity index (χ3n) is 4.52. The number of hydrogen-bond acceptors (Lipinski definition) is 19. The third kappa shape index (κ3) is 12.3. The van der Waals surface area contributed by atoms with Crippen LogP contribution in [0.4, 0.5) is 0 Å². The predicted molar refractivity (Wildman–Crippen MR) is 106 cm³/mol. The van der Waals surface area contributed by atoms with Crippen LogP contribution in [0.2, 0.25) is 0 Å². The summed E-state index contributed by atoms with van der Waals surface area (Å²) < 4.78 is 25.6. The lowest BCUT2D eigenvalue weighted by Gasteiger charge is -2.42. The van der Waals surface area contributed by atoms with Gasteiger partial charge in [0, 0.05) is 6.08 Å². The second kappa shape index (κ2) is 16.1. The molecule has 1 fully saturated rings. The number of ether oxygens (including phenoxy) is 5. The van der Waals surface area contributed by atoms with Crippen LogP contribution in [0.15, 0.2) is 12.7 Å². The van der Waals surface area contributed by atoms with Crippen LogP contribution in [0.25, 0.3) is 0 Å². The molecule has 1 rings (SSSR count). The highest BCUT2D eigenvalue weighted by Gasteiger charge is 2.52. The van der Waals surface area contributed by atoms with Crippen LogP contribution in [0.1, 0.15) is 19.3 Å². The van der Waals surface area contributed by atoms with Gasteiger partial charge >= 0.3 is 23.9 Å². The molecule has 0 amide bonds. The van der Waals surface area contributed by atoms with Crippen LogP contribution in [-0.2, 0) is 42.9 Å². The Labute approximate surface area is 208 Å². The number of carbonyl (C=O) groups is 4. The maximum Gasteiger partial charge on any atom is 0.330 e. The lowest BCUT2D eigenvalue weighted by Crippen LogP contribution is -2.62. The lowest BCUT2D eigenvalue weighted by atomic mass is 9.98. The first-order valence-electron chi connectivity index (χ1n) is 10.5. The first-order valence-corrected chi connectivity index (χ1v) is 10.5. The normalized spacial score (nSPS) is 23.6. The molecule has 1 heterocycles. The van der Waals surface area contributed by atoms with Gasteiger partial charge in [-0.3, -0.25) is 45.6 Å². The molecule has 5 unspecified atom stereocenters. The molecular weight excluding hydrogens is 514 g/mol. The van der Waals surface area contributed by atoms with E-state index >= 15 is 0 Å². The van der Waals surface area contributed by atoms with Crippen molar-refractivity contribution in [1.29, 1.82) is 0 Å². The molecule has 0 aromatic carbocycles. The molecule has 1 aliphatic rings. The summed E-state index contributed by atoms with van der Waals surface area (Å²) in [5.41, 5.74) is 0. The van der Waals surface area contributed by atoms with Gasteiger partial charge < -0.3 is 28.8 Å². The topological polar surface area (TPSA) is 266 Å². The second-order valence-corrected chi connectivity index (χ2v) is 7.30. The smallest absolute Gasteiger partial charge is 0.330 e. The van der Waals surface area contributed by atoms with Gasteiger partial charge in [0.1, 0.15) is 12.7 Å². The first-order chi connectivity index (χ1) is 17.3. The molecule has 1 saturated heterocycles. The standard InChI is InChI=1S/C18H29N3O16/c1-2-11(22)35-17-16(37-14(25)5-8-21(31)32)15(36-13(24)4-7-20(29)30)10(34-18(17)26)9-33-12(23)3-6-19(27)28/h2,10,15-18,26-32H,1,3-9H2. The minimum Gasteiger partial charge on any atom is -0.463 e. The number of nitrogens with zero attached hydrogens (tertiary/aromatic N) is 3. The van der Waals surface area contributed by atoms with Crippen LogP contribution in [0.5, 0.6) is 0 Å². The fourth-order valence-electron chi connectivity index (χ4n) is 2.86. The Morgan fingerprint density at radius 2 is 1.19 bits per heavy atom. The van der Waals surface area contributed by atoms with Crippen molar-refractivity contribution in [3.8, 4) is 0 Å². The van der Waals surface area contributed by atoms with E-state index in [0.29, 0.717) is 6.08 Å². The molecule has 212 valence electrons. The fraction of sp³-hybridized carbons (Fsp3) is 0.667. The number of aliphatic hydroxyl groups is 1. The molecule has 0 radical (unpaired) electrons. The van der Waals surface area contributed by atoms with E-state index in [0.717, 1.165) is 0 Å². The molecule has 0 aliphatic carbocycles. The van der Waals surface area contributed by atoms with Crippen LogP contribution < -0.4 is 0 Å². The van der Waals surface area contributed by atoms with E-state index in [-0.39, 0.29) is 15.7 Å². The summed E-state index contributed by atoms with van der Waals surface area (Å²) in [6.45, 7) is 0.677. The average molecular weight is 543 g/mol. The van der Waals surface area contributed by atoms with Crippen molar-refractivity contribution in [3.05, 3.63) is 12.7 Å². The lowest BCUT2D eigenvalue weighted by molar-refractivity contribution is -0.311. The highest BCUT2D eigenvalue weighted by molar-refractivity contribution is 5.81. The van der Waals surface area contributed by atoms with Crippen LogP contribution in [0, 0.1) is 0 Å². The van der Waals surface area contributed by atoms with Crippen molar-refractivity contribution in [1.82, 2.24) is 15.7 Å². The highest BCUT2D eigenvalue weighted by atomic mass is 16.8. The largest absolute Gasteiger partial charge is 0.463 e. The molecule has 7 N–H and O–H groups in total. The Kier molecular flexibility index (Phi) is 14.0. The maximum atomic E-state index is 12.3. The predicted octanol–water partition coefficient (Wildman–Crippen LogP) is -2.42. The Morgan fingerprint density at radius 3 is 1.65 bits per heavy atom. The molecule has 0 spiro atoms.